The van der Waals surface area contributed by atoms with Crippen molar-refractivity contribution in [3.8, 4) is 0 Å². The molecule has 6 heteroatoms. The van der Waals surface area contributed by atoms with Crippen LogP contribution in [-0.4, -0.2) is 36.4 Å². The van der Waals surface area contributed by atoms with Crippen molar-refractivity contribution in [3.63, 3.8) is 0 Å². The van der Waals surface area contributed by atoms with Gasteiger partial charge >= 0.3 is 12.1 Å². The fraction of sp³-hybridized carbons (Fsp3) is 0.385. The van der Waals surface area contributed by atoms with Gasteiger partial charge in [-0.05, 0) is 5.56 Å². The lowest BCUT2D eigenvalue weighted by molar-refractivity contribution is -0.142. The third kappa shape index (κ3) is 3.69. The summed E-state index contributed by atoms with van der Waals surface area (Å²) in [5.74, 6) is -1.70. The Balaban J connectivity index is 1.80. The zero-order valence-corrected chi connectivity index (χ0v) is 10.2. The van der Waals surface area contributed by atoms with Gasteiger partial charge < -0.3 is 19.9 Å². The third-order valence-electron chi connectivity index (χ3n) is 2.91. The van der Waals surface area contributed by atoms with Crippen molar-refractivity contribution in [1.29, 1.82) is 0 Å². The second-order valence-electron chi connectivity index (χ2n) is 4.29. The van der Waals surface area contributed by atoms with Crippen LogP contribution in [0.5, 0.6) is 0 Å². The first-order valence-electron chi connectivity index (χ1n) is 5.94. The first-order chi connectivity index (χ1) is 9.16. The fourth-order valence-electron chi connectivity index (χ4n) is 1.86. The predicted molar refractivity (Wildman–Crippen MR) is 65.5 cm³/mol. The highest BCUT2D eigenvalue weighted by atomic mass is 16.5. The molecular formula is C13H15NO5. The van der Waals surface area contributed by atoms with Gasteiger partial charge in [0, 0.05) is 0 Å². The van der Waals surface area contributed by atoms with Gasteiger partial charge in [0.2, 0.25) is 0 Å². The lowest BCUT2D eigenvalue weighted by Gasteiger charge is -2.15. The molecular weight excluding hydrogens is 250 g/mol. The van der Waals surface area contributed by atoms with E-state index in [-0.39, 0.29) is 19.8 Å². The number of ether oxygens (including phenoxy) is 2. The van der Waals surface area contributed by atoms with Gasteiger partial charge in [-0.2, -0.15) is 0 Å². The standard InChI is InChI=1S/C13H15NO5/c15-12(16)10-7-18-8-11(10)14-13(17)19-6-9-4-2-1-3-5-9/h1-5,10-11H,6-8H2,(H,14,17)(H,15,16)/t10-,11+/m0/s1. The molecule has 102 valence electrons. The first kappa shape index (κ1) is 13.4. The minimum Gasteiger partial charge on any atom is -0.481 e. The third-order valence-corrected chi connectivity index (χ3v) is 2.91. The van der Waals surface area contributed by atoms with Crippen molar-refractivity contribution in [2.24, 2.45) is 5.92 Å². The number of benzene rings is 1. The Morgan fingerprint density at radius 1 is 1.32 bits per heavy atom. The van der Waals surface area contributed by atoms with Crippen molar-refractivity contribution in [1.82, 2.24) is 5.32 Å². The largest absolute Gasteiger partial charge is 0.481 e. The van der Waals surface area contributed by atoms with Crippen LogP contribution in [0.25, 0.3) is 0 Å². The maximum absolute atomic E-state index is 11.6. The van der Waals surface area contributed by atoms with Gasteiger partial charge in [0.1, 0.15) is 12.5 Å². The van der Waals surface area contributed by atoms with E-state index in [4.69, 9.17) is 14.6 Å². The normalized spacial score (nSPS) is 21.9. The monoisotopic (exact) mass is 265 g/mol. The first-order valence-corrected chi connectivity index (χ1v) is 5.94. The van der Waals surface area contributed by atoms with E-state index < -0.39 is 24.0 Å². The molecule has 1 fully saturated rings. The molecule has 1 aromatic rings. The lowest BCUT2D eigenvalue weighted by Crippen LogP contribution is -2.42. The van der Waals surface area contributed by atoms with E-state index in [1.165, 1.54) is 0 Å². The number of carbonyl (C=O) groups excluding carboxylic acids is 1. The molecule has 6 nitrogen and oxygen atoms in total. The van der Waals surface area contributed by atoms with E-state index >= 15 is 0 Å². The van der Waals surface area contributed by atoms with Crippen LogP contribution in [0.1, 0.15) is 5.56 Å². The lowest BCUT2D eigenvalue weighted by atomic mass is 10.1. The molecule has 0 saturated carbocycles. The van der Waals surface area contributed by atoms with E-state index in [0.717, 1.165) is 5.56 Å². The highest BCUT2D eigenvalue weighted by molar-refractivity contribution is 5.74. The van der Waals surface area contributed by atoms with Crippen LogP contribution in [0.15, 0.2) is 30.3 Å². The zero-order chi connectivity index (χ0) is 13.7. The fourth-order valence-corrected chi connectivity index (χ4v) is 1.86. The Kier molecular flexibility index (Phi) is 4.35. The molecule has 2 rings (SSSR count). The topological polar surface area (TPSA) is 84.9 Å². The number of rotatable bonds is 4. The molecule has 2 N–H and O–H groups in total. The highest BCUT2D eigenvalue weighted by Crippen LogP contribution is 2.14. The number of carboxylic acid groups (broad SMARTS) is 1. The summed E-state index contributed by atoms with van der Waals surface area (Å²) >= 11 is 0. The molecule has 0 aliphatic carbocycles. The van der Waals surface area contributed by atoms with Crippen LogP contribution in [0.2, 0.25) is 0 Å². The molecule has 2 atom stereocenters. The molecule has 0 aromatic heterocycles. The molecule has 0 radical (unpaired) electrons. The van der Waals surface area contributed by atoms with E-state index in [0.29, 0.717) is 0 Å². The Bertz CT molecular complexity index is 448. The summed E-state index contributed by atoms with van der Waals surface area (Å²) in [5, 5.41) is 11.4. The van der Waals surface area contributed by atoms with Crippen LogP contribution < -0.4 is 5.32 Å². The van der Waals surface area contributed by atoms with Crippen molar-refractivity contribution in [2.75, 3.05) is 13.2 Å². The second kappa shape index (κ2) is 6.19. The Morgan fingerprint density at radius 2 is 2.05 bits per heavy atom. The van der Waals surface area contributed by atoms with Crippen molar-refractivity contribution in [3.05, 3.63) is 35.9 Å². The number of alkyl carbamates (subject to hydrolysis) is 1. The Hall–Kier alpha value is -2.08. The molecule has 1 saturated heterocycles. The zero-order valence-electron chi connectivity index (χ0n) is 10.2. The van der Waals surface area contributed by atoms with Crippen molar-refractivity contribution < 1.29 is 24.2 Å². The van der Waals surface area contributed by atoms with E-state index in [2.05, 4.69) is 5.32 Å². The summed E-state index contributed by atoms with van der Waals surface area (Å²) in [6.07, 6.45) is -0.634. The molecule has 1 heterocycles. The average Bonchev–Trinajstić information content (AvgIpc) is 2.86. The number of carbonyl (C=O) groups is 2. The molecule has 1 aliphatic rings. The van der Waals surface area contributed by atoms with Gasteiger partial charge in [-0.25, -0.2) is 4.79 Å². The number of aliphatic carboxylic acids is 1. The Morgan fingerprint density at radius 3 is 2.74 bits per heavy atom. The average molecular weight is 265 g/mol. The summed E-state index contributed by atoms with van der Waals surface area (Å²) in [4.78, 5) is 22.5. The summed E-state index contributed by atoms with van der Waals surface area (Å²) in [7, 11) is 0. The van der Waals surface area contributed by atoms with Crippen LogP contribution in [0, 0.1) is 5.92 Å². The van der Waals surface area contributed by atoms with E-state index in [1.807, 2.05) is 30.3 Å². The van der Waals surface area contributed by atoms with Crippen molar-refractivity contribution >= 4 is 12.1 Å². The number of nitrogens with one attached hydrogen (secondary N) is 1. The minimum atomic E-state index is -0.981. The summed E-state index contributed by atoms with van der Waals surface area (Å²) in [5.41, 5.74) is 0.870. The minimum absolute atomic E-state index is 0.110. The molecule has 0 spiro atoms. The van der Waals surface area contributed by atoms with Crippen LogP contribution in [-0.2, 0) is 20.9 Å². The van der Waals surface area contributed by atoms with Crippen LogP contribution in [0.3, 0.4) is 0 Å². The highest BCUT2D eigenvalue weighted by Gasteiger charge is 2.35. The smallest absolute Gasteiger partial charge is 0.407 e. The van der Waals surface area contributed by atoms with Gasteiger partial charge in [-0.1, -0.05) is 30.3 Å². The van der Waals surface area contributed by atoms with Crippen LogP contribution in [0.4, 0.5) is 4.79 Å². The second-order valence-corrected chi connectivity index (χ2v) is 4.29. The van der Waals surface area contributed by atoms with E-state index in [1.54, 1.807) is 0 Å². The maximum Gasteiger partial charge on any atom is 0.407 e. The number of carboxylic acids is 1. The predicted octanol–water partition coefficient (Wildman–Crippen LogP) is 1.01. The number of hydrogen-bond acceptors (Lipinski definition) is 4. The molecule has 19 heavy (non-hydrogen) atoms. The molecule has 1 aliphatic heterocycles. The Labute approximate surface area is 110 Å². The van der Waals surface area contributed by atoms with E-state index in [9.17, 15) is 9.59 Å². The SMILES string of the molecule is O=C(N[C@@H]1COC[C@@H]1C(=O)O)OCc1ccccc1. The summed E-state index contributed by atoms with van der Waals surface area (Å²) in [6, 6.07) is 8.71. The van der Waals surface area contributed by atoms with Gasteiger partial charge in [0.25, 0.3) is 0 Å². The van der Waals surface area contributed by atoms with Gasteiger partial charge in [0.15, 0.2) is 0 Å². The van der Waals surface area contributed by atoms with Gasteiger partial charge in [0.05, 0.1) is 19.3 Å². The number of amides is 1. The summed E-state index contributed by atoms with van der Waals surface area (Å²) < 4.78 is 10.1. The quantitative estimate of drug-likeness (QED) is 0.848. The van der Waals surface area contributed by atoms with Gasteiger partial charge in [-0.15, -0.1) is 0 Å². The van der Waals surface area contributed by atoms with Crippen molar-refractivity contribution in [2.45, 2.75) is 12.6 Å². The molecule has 0 unspecified atom stereocenters. The molecule has 0 bridgehead atoms. The number of hydrogen-bond donors (Lipinski definition) is 2. The molecule has 1 aromatic carbocycles. The van der Waals surface area contributed by atoms with Crippen LogP contribution >= 0.6 is 0 Å². The molecule has 1 amide bonds. The van der Waals surface area contributed by atoms with Gasteiger partial charge in [-0.3, -0.25) is 4.79 Å². The maximum atomic E-state index is 11.6. The summed E-state index contributed by atoms with van der Waals surface area (Å²) in [6.45, 7) is 0.453.